The Bertz CT molecular complexity index is 960. The second-order valence-electron chi connectivity index (χ2n) is 4.88. The third kappa shape index (κ3) is 3.90. The lowest BCUT2D eigenvalue weighted by Gasteiger charge is -2.14. The summed E-state index contributed by atoms with van der Waals surface area (Å²) >= 11 is 0. The van der Waals surface area contributed by atoms with Crippen molar-refractivity contribution in [3.8, 4) is 11.5 Å². The normalized spacial score (nSPS) is 9.93. The van der Waals surface area contributed by atoms with Crippen LogP contribution in [0.4, 0.5) is 0 Å². The van der Waals surface area contributed by atoms with E-state index < -0.39 is 57.6 Å². The highest BCUT2D eigenvalue weighted by molar-refractivity contribution is 6.06. The van der Waals surface area contributed by atoms with Crippen LogP contribution in [0.2, 0.25) is 0 Å². The molecule has 0 spiro atoms. The summed E-state index contributed by atoms with van der Waals surface area (Å²) in [7, 11) is 0. The van der Waals surface area contributed by atoms with E-state index in [4.69, 9.17) is 9.84 Å². The molecule has 0 aromatic heterocycles. The number of carbonyl (C=O) groups excluding carboxylic acids is 2. The molecule has 10 heteroatoms. The van der Waals surface area contributed by atoms with Crippen molar-refractivity contribution in [3.05, 3.63) is 58.7 Å². The first-order valence-corrected chi connectivity index (χ1v) is 7.06. The Morgan fingerprint density at radius 1 is 0.741 bits per heavy atom. The van der Waals surface area contributed by atoms with Crippen molar-refractivity contribution in [2.24, 2.45) is 0 Å². The lowest BCUT2D eigenvalue weighted by Crippen LogP contribution is -2.13. The zero-order valence-corrected chi connectivity index (χ0v) is 13.2. The molecule has 138 valence electrons. The van der Waals surface area contributed by atoms with Gasteiger partial charge in [0.2, 0.25) is 0 Å². The smallest absolute Gasteiger partial charge is 0.346 e. The highest BCUT2D eigenvalue weighted by Crippen LogP contribution is 2.32. The third-order valence-corrected chi connectivity index (χ3v) is 3.31. The summed E-state index contributed by atoms with van der Waals surface area (Å²) in [6.45, 7) is -0.180. The maximum Gasteiger partial charge on any atom is 0.346 e. The molecule has 2 rings (SSSR count). The zero-order chi connectivity index (χ0) is 20.1. The number of rotatable bonds is 7. The van der Waals surface area contributed by atoms with Gasteiger partial charge in [0.15, 0.2) is 0 Å². The van der Waals surface area contributed by atoms with Gasteiger partial charge >= 0.3 is 30.3 Å². The number of carboxylic acid groups (broad SMARTS) is 3. The molecule has 0 saturated carbocycles. The van der Waals surface area contributed by atoms with Gasteiger partial charge in [0, 0.05) is 0 Å². The van der Waals surface area contributed by atoms with E-state index in [9.17, 15) is 34.2 Å². The van der Waals surface area contributed by atoms with E-state index in [1.807, 2.05) is 0 Å². The summed E-state index contributed by atoms with van der Waals surface area (Å²) in [6.07, 6.45) is 0. The fraction of sp³-hybridized carbons (Fsp3) is 0. The Morgan fingerprint density at radius 3 is 1.67 bits per heavy atom. The molecule has 0 bridgehead atoms. The zero-order valence-electron chi connectivity index (χ0n) is 13.2. The lowest BCUT2D eigenvalue weighted by molar-refractivity contribution is -0.123. The molecule has 0 atom stereocenters. The molecule has 10 nitrogen and oxygen atoms in total. The number of carbonyl (C=O) groups is 5. The van der Waals surface area contributed by atoms with E-state index in [2.05, 4.69) is 4.74 Å². The lowest BCUT2D eigenvalue weighted by atomic mass is 10.0. The largest absolute Gasteiger partial charge is 0.478 e. The molecule has 2 aromatic rings. The average molecular weight is 374 g/mol. The van der Waals surface area contributed by atoms with Gasteiger partial charge in [0.05, 0.1) is 11.1 Å². The van der Waals surface area contributed by atoms with Crippen LogP contribution in [-0.2, 0) is 9.53 Å². The molecule has 0 fully saturated rings. The van der Waals surface area contributed by atoms with Crippen molar-refractivity contribution in [3.63, 3.8) is 0 Å². The quantitative estimate of drug-likeness (QED) is 0.370. The molecular formula is C17H10O10. The maximum absolute atomic E-state index is 11.7. The van der Waals surface area contributed by atoms with Gasteiger partial charge in [-0.1, -0.05) is 12.1 Å². The molecule has 0 unspecified atom stereocenters. The van der Waals surface area contributed by atoms with Gasteiger partial charge in [-0.2, -0.15) is 0 Å². The summed E-state index contributed by atoms with van der Waals surface area (Å²) in [5, 5.41) is 27.8. The number of benzene rings is 2. The molecule has 0 aliphatic rings. The van der Waals surface area contributed by atoms with E-state index >= 15 is 0 Å². The summed E-state index contributed by atoms with van der Waals surface area (Å²) in [5.74, 6) is -6.92. The third-order valence-electron chi connectivity index (χ3n) is 3.31. The van der Waals surface area contributed by atoms with Gasteiger partial charge in [0.25, 0.3) is 0 Å². The number of hydrogen-bond donors (Lipinski definition) is 3. The Morgan fingerprint density at radius 2 is 1.22 bits per heavy atom. The van der Waals surface area contributed by atoms with Crippen molar-refractivity contribution in [2.75, 3.05) is 0 Å². The number of esters is 1. The predicted octanol–water partition coefficient (Wildman–Crippen LogP) is 1.89. The summed E-state index contributed by atoms with van der Waals surface area (Å²) < 4.78 is 9.43. The average Bonchev–Trinajstić information content (AvgIpc) is 2.61. The van der Waals surface area contributed by atoms with E-state index in [0.29, 0.717) is 0 Å². The highest BCUT2D eigenvalue weighted by atomic mass is 16.6. The minimum atomic E-state index is -1.62. The Balaban J connectivity index is 2.64. The fourth-order valence-corrected chi connectivity index (χ4v) is 2.25. The van der Waals surface area contributed by atoms with Crippen LogP contribution in [0.25, 0.3) is 0 Å². The number of aromatic carboxylic acids is 3. The fourth-order valence-electron chi connectivity index (χ4n) is 2.25. The summed E-state index contributed by atoms with van der Waals surface area (Å²) in [4.78, 5) is 56.3. The molecule has 0 radical (unpaired) electrons. The second kappa shape index (κ2) is 7.78. The predicted molar refractivity (Wildman–Crippen MR) is 85.3 cm³/mol. The number of ether oxygens (including phenoxy) is 2. The molecular weight excluding hydrogens is 364 g/mol. The molecule has 3 N–H and O–H groups in total. The van der Waals surface area contributed by atoms with Crippen LogP contribution in [0.5, 0.6) is 11.5 Å². The van der Waals surface area contributed by atoms with Crippen LogP contribution in [0.15, 0.2) is 36.4 Å². The van der Waals surface area contributed by atoms with Gasteiger partial charge in [-0.3, -0.25) is 4.79 Å². The Labute approximate surface area is 150 Å². The van der Waals surface area contributed by atoms with Crippen LogP contribution in [0, 0.1) is 0 Å². The van der Waals surface area contributed by atoms with Crippen molar-refractivity contribution in [1.29, 1.82) is 0 Å². The molecule has 27 heavy (non-hydrogen) atoms. The van der Waals surface area contributed by atoms with Gasteiger partial charge in [-0.05, 0) is 24.3 Å². The van der Waals surface area contributed by atoms with Crippen LogP contribution in [-0.4, -0.2) is 45.7 Å². The van der Waals surface area contributed by atoms with Gasteiger partial charge < -0.3 is 24.8 Å². The molecule has 0 aliphatic carbocycles. The molecule has 0 amide bonds. The Kier molecular flexibility index (Phi) is 5.51. The van der Waals surface area contributed by atoms with Crippen molar-refractivity contribution < 1.29 is 48.8 Å². The maximum atomic E-state index is 11.7. The van der Waals surface area contributed by atoms with Crippen LogP contribution in [0.1, 0.15) is 41.4 Å². The van der Waals surface area contributed by atoms with Crippen LogP contribution in [0.3, 0.4) is 0 Å². The number of carboxylic acids is 3. The van der Waals surface area contributed by atoms with E-state index in [1.54, 1.807) is 0 Å². The number of hydrogen-bond acceptors (Lipinski definition) is 7. The van der Waals surface area contributed by atoms with E-state index in [1.165, 1.54) is 12.1 Å². The van der Waals surface area contributed by atoms with Crippen LogP contribution >= 0.6 is 0 Å². The molecule has 0 saturated heterocycles. The standard InChI is InChI=1S/C17H10O10/c18-7-26-17(25)9-4-2-6-11(13(9)16(23)24)27-10-5-1-3-8(14(19)20)12(10)15(21)22/h1-7H,(H,19,20)(H,21,22)(H,23,24). The first-order chi connectivity index (χ1) is 12.8. The topological polar surface area (TPSA) is 165 Å². The minimum absolute atomic E-state index is 0.180. The highest BCUT2D eigenvalue weighted by Gasteiger charge is 2.26. The SMILES string of the molecule is O=COC(=O)c1cccc(Oc2cccc(C(=O)O)c2C(=O)O)c1C(=O)O. The van der Waals surface area contributed by atoms with Crippen molar-refractivity contribution in [2.45, 2.75) is 0 Å². The van der Waals surface area contributed by atoms with Gasteiger partial charge in [0.1, 0.15) is 22.6 Å². The van der Waals surface area contributed by atoms with E-state index in [-0.39, 0.29) is 6.47 Å². The summed E-state index contributed by atoms with van der Waals surface area (Å²) in [5.41, 5.74) is -2.49. The van der Waals surface area contributed by atoms with Gasteiger partial charge in [-0.25, -0.2) is 19.2 Å². The first-order valence-electron chi connectivity index (χ1n) is 7.06. The van der Waals surface area contributed by atoms with Crippen molar-refractivity contribution in [1.82, 2.24) is 0 Å². The molecule has 0 heterocycles. The van der Waals surface area contributed by atoms with E-state index in [0.717, 1.165) is 24.3 Å². The monoisotopic (exact) mass is 374 g/mol. The minimum Gasteiger partial charge on any atom is -0.478 e. The Hall–Kier alpha value is -4.21. The molecule has 2 aromatic carbocycles. The second-order valence-corrected chi connectivity index (χ2v) is 4.88. The van der Waals surface area contributed by atoms with Gasteiger partial charge in [-0.15, -0.1) is 0 Å². The first kappa shape index (κ1) is 19.1. The van der Waals surface area contributed by atoms with Crippen LogP contribution < -0.4 is 4.74 Å². The summed E-state index contributed by atoms with van der Waals surface area (Å²) in [6, 6.07) is 6.77. The van der Waals surface area contributed by atoms with Crippen molar-refractivity contribution >= 4 is 30.3 Å². The molecule has 0 aliphatic heterocycles.